The number of phenolic OH excluding ortho intramolecular Hbond substituents is 1. The molecule has 1 aliphatic heterocycles. The molecule has 118 valence electrons. The molecule has 0 aromatic heterocycles. The van der Waals surface area contributed by atoms with Gasteiger partial charge in [-0.2, -0.15) is 0 Å². The van der Waals surface area contributed by atoms with E-state index in [0.717, 1.165) is 27.4 Å². The van der Waals surface area contributed by atoms with E-state index in [1.165, 1.54) is 0 Å². The second-order valence-corrected chi connectivity index (χ2v) is 6.27. The highest BCUT2D eigenvalue weighted by Gasteiger charge is 2.32. The summed E-state index contributed by atoms with van der Waals surface area (Å²) < 4.78 is 5.85. The van der Waals surface area contributed by atoms with Crippen LogP contribution in [0.3, 0.4) is 0 Å². The lowest BCUT2D eigenvalue weighted by Crippen LogP contribution is -2.29. The monoisotopic (exact) mass is 308 g/mol. The van der Waals surface area contributed by atoms with Gasteiger partial charge in [-0.1, -0.05) is 62.4 Å². The zero-order chi connectivity index (χ0) is 16.6. The Balaban J connectivity index is 1.96. The molecule has 0 saturated heterocycles. The number of phenols is 1. The van der Waals surface area contributed by atoms with Crippen molar-refractivity contribution in [3.63, 3.8) is 0 Å². The molecule has 0 aliphatic carbocycles. The standard InChI is InChI=1S/C19H21BO3/c1-12(2)13(3)17-9-11-19(23-20(17)22)16-8-10-18(21)15-7-5-4-6-14(15)16/h4-10,12,19,21-22H,3,11H2,1-2H3. The maximum Gasteiger partial charge on any atom is 0.491 e. The fourth-order valence-electron chi connectivity index (χ4n) is 3.03. The van der Waals surface area contributed by atoms with Gasteiger partial charge in [0.25, 0.3) is 0 Å². The van der Waals surface area contributed by atoms with Gasteiger partial charge in [0.1, 0.15) is 5.75 Å². The van der Waals surface area contributed by atoms with Crippen molar-refractivity contribution in [3.05, 3.63) is 65.7 Å². The molecule has 1 aliphatic rings. The van der Waals surface area contributed by atoms with Crippen LogP contribution in [-0.2, 0) is 4.65 Å². The predicted molar refractivity (Wildman–Crippen MR) is 94.1 cm³/mol. The van der Waals surface area contributed by atoms with Crippen molar-refractivity contribution < 1.29 is 14.8 Å². The molecule has 3 rings (SSSR count). The molecule has 0 saturated carbocycles. The van der Waals surface area contributed by atoms with Crippen molar-refractivity contribution in [1.82, 2.24) is 0 Å². The Bertz CT molecular complexity index is 779. The van der Waals surface area contributed by atoms with E-state index in [-0.39, 0.29) is 17.8 Å². The van der Waals surface area contributed by atoms with Crippen molar-refractivity contribution in [2.75, 3.05) is 0 Å². The Morgan fingerprint density at radius 3 is 2.57 bits per heavy atom. The summed E-state index contributed by atoms with van der Waals surface area (Å²) in [4.78, 5) is 0. The Kier molecular flexibility index (Phi) is 4.29. The number of hydrogen-bond acceptors (Lipinski definition) is 3. The van der Waals surface area contributed by atoms with E-state index in [0.29, 0.717) is 6.42 Å². The van der Waals surface area contributed by atoms with E-state index in [4.69, 9.17) is 4.65 Å². The molecule has 0 amide bonds. The Morgan fingerprint density at radius 1 is 1.22 bits per heavy atom. The third kappa shape index (κ3) is 2.92. The van der Waals surface area contributed by atoms with Crippen LogP contribution in [0.1, 0.15) is 31.9 Å². The zero-order valence-electron chi connectivity index (χ0n) is 13.5. The molecule has 2 N–H and O–H groups in total. The SMILES string of the molecule is C=C(C1=CCC(c2ccc(O)c3ccccc23)OB1O)C(C)C. The largest absolute Gasteiger partial charge is 0.507 e. The van der Waals surface area contributed by atoms with E-state index in [9.17, 15) is 10.1 Å². The summed E-state index contributed by atoms with van der Waals surface area (Å²) in [5, 5.41) is 22.1. The summed E-state index contributed by atoms with van der Waals surface area (Å²) >= 11 is 0. The Hall–Kier alpha value is -2.04. The molecule has 0 fully saturated rings. The maximum absolute atomic E-state index is 10.3. The van der Waals surface area contributed by atoms with E-state index in [1.807, 2.05) is 36.4 Å². The van der Waals surface area contributed by atoms with Gasteiger partial charge in [-0.3, -0.25) is 0 Å². The van der Waals surface area contributed by atoms with Crippen LogP contribution in [0.15, 0.2) is 60.1 Å². The molecule has 23 heavy (non-hydrogen) atoms. The molecule has 2 aromatic carbocycles. The lowest BCUT2D eigenvalue weighted by Gasteiger charge is -2.28. The maximum atomic E-state index is 10.3. The van der Waals surface area contributed by atoms with Crippen molar-refractivity contribution in [1.29, 1.82) is 0 Å². The minimum atomic E-state index is -0.962. The average Bonchev–Trinajstić information content (AvgIpc) is 2.54. The van der Waals surface area contributed by atoms with Crippen LogP contribution >= 0.6 is 0 Å². The first kappa shape index (κ1) is 15.8. The fraction of sp³-hybridized carbons (Fsp3) is 0.263. The number of allylic oxidation sites excluding steroid dienone is 2. The third-order valence-electron chi connectivity index (χ3n) is 4.46. The number of hydrogen-bond donors (Lipinski definition) is 2. The quantitative estimate of drug-likeness (QED) is 0.837. The van der Waals surface area contributed by atoms with Crippen molar-refractivity contribution in [2.45, 2.75) is 26.4 Å². The second kappa shape index (κ2) is 6.22. The molecule has 0 radical (unpaired) electrons. The summed E-state index contributed by atoms with van der Waals surface area (Å²) in [6.07, 6.45) is 2.45. The molecule has 3 nitrogen and oxygen atoms in total. The first-order valence-corrected chi connectivity index (χ1v) is 7.92. The van der Waals surface area contributed by atoms with Gasteiger partial charge >= 0.3 is 7.12 Å². The van der Waals surface area contributed by atoms with Crippen LogP contribution in [0.25, 0.3) is 10.8 Å². The van der Waals surface area contributed by atoms with Crippen molar-refractivity contribution in [2.24, 2.45) is 5.92 Å². The highest BCUT2D eigenvalue weighted by molar-refractivity contribution is 6.54. The zero-order valence-corrected chi connectivity index (χ0v) is 13.5. The summed E-state index contributed by atoms with van der Waals surface area (Å²) in [7, 11) is -0.962. The average molecular weight is 308 g/mol. The lowest BCUT2D eigenvalue weighted by molar-refractivity contribution is 0.169. The molecule has 0 spiro atoms. The minimum absolute atomic E-state index is 0.237. The van der Waals surface area contributed by atoms with Crippen LogP contribution in [0.5, 0.6) is 5.75 Å². The van der Waals surface area contributed by atoms with Gasteiger partial charge in [-0.25, -0.2) is 0 Å². The van der Waals surface area contributed by atoms with Gasteiger partial charge < -0.3 is 14.8 Å². The number of benzene rings is 2. The molecule has 4 heteroatoms. The van der Waals surface area contributed by atoms with Crippen LogP contribution in [0, 0.1) is 5.92 Å². The highest BCUT2D eigenvalue weighted by Crippen LogP contribution is 2.37. The van der Waals surface area contributed by atoms with E-state index in [1.54, 1.807) is 6.07 Å². The minimum Gasteiger partial charge on any atom is -0.507 e. The molecule has 0 bridgehead atoms. The van der Waals surface area contributed by atoms with Crippen LogP contribution in [0.4, 0.5) is 0 Å². The summed E-state index contributed by atoms with van der Waals surface area (Å²) in [5.41, 5.74) is 2.66. The lowest BCUT2D eigenvalue weighted by atomic mass is 9.69. The number of fused-ring (bicyclic) bond motifs is 1. The van der Waals surface area contributed by atoms with Gasteiger partial charge in [0, 0.05) is 5.39 Å². The molecule has 1 heterocycles. The number of rotatable bonds is 3. The topological polar surface area (TPSA) is 49.7 Å². The summed E-state index contributed by atoms with van der Waals surface area (Å²) in [6, 6.07) is 11.2. The Labute approximate surface area is 137 Å². The highest BCUT2D eigenvalue weighted by atomic mass is 16.5. The molecule has 2 aromatic rings. The van der Waals surface area contributed by atoms with Crippen LogP contribution < -0.4 is 0 Å². The van der Waals surface area contributed by atoms with Crippen molar-refractivity contribution >= 4 is 17.9 Å². The normalized spacial score (nSPS) is 18.3. The van der Waals surface area contributed by atoms with E-state index >= 15 is 0 Å². The van der Waals surface area contributed by atoms with Gasteiger partial charge in [-0.05, 0) is 34.8 Å². The molecule has 1 atom stereocenters. The third-order valence-corrected chi connectivity index (χ3v) is 4.46. The molecular weight excluding hydrogens is 287 g/mol. The van der Waals surface area contributed by atoms with Crippen LogP contribution in [-0.4, -0.2) is 17.2 Å². The van der Waals surface area contributed by atoms with Gasteiger partial charge in [0.2, 0.25) is 0 Å². The van der Waals surface area contributed by atoms with Gasteiger partial charge in [0.15, 0.2) is 0 Å². The van der Waals surface area contributed by atoms with Gasteiger partial charge in [0.05, 0.1) is 6.10 Å². The summed E-state index contributed by atoms with van der Waals surface area (Å²) in [5.74, 6) is 0.524. The summed E-state index contributed by atoms with van der Waals surface area (Å²) in [6.45, 7) is 8.15. The van der Waals surface area contributed by atoms with E-state index < -0.39 is 7.12 Å². The molecule has 1 unspecified atom stereocenters. The fourth-order valence-corrected chi connectivity index (χ4v) is 3.03. The van der Waals surface area contributed by atoms with Gasteiger partial charge in [-0.15, -0.1) is 0 Å². The van der Waals surface area contributed by atoms with Crippen molar-refractivity contribution in [3.8, 4) is 5.75 Å². The first-order chi connectivity index (χ1) is 11.0. The smallest absolute Gasteiger partial charge is 0.491 e. The number of aromatic hydroxyl groups is 1. The Morgan fingerprint density at radius 2 is 1.91 bits per heavy atom. The first-order valence-electron chi connectivity index (χ1n) is 7.92. The second-order valence-electron chi connectivity index (χ2n) is 6.27. The van der Waals surface area contributed by atoms with Crippen LogP contribution in [0.2, 0.25) is 0 Å². The predicted octanol–water partition coefficient (Wildman–Crippen LogP) is 4.17. The van der Waals surface area contributed by atoms with E-state index in [2.05, 4.69) is 20.4 Å². The molecular formula is C19H21BO3.